The van der Waals surface area contributed by atoms with Gasteiger partial charge in [0.25, 0.3) is 0 Å². The number of rotatable bonds is 9. The van der Waals surface area contributed by atoms with E-state index in [1.165, 1.54) is 11.1 Å². The summed E-state index contributed by atoms with van der Waals surface area (Å²) in [7, 11) is 0. The van der Waals surface area contributed by atoms with E-state index in [1.54, 1.807) is 6.26 Å². The van der Waals surface area contributed by atoms with Gasteiger partial charge in [0.1, 0.15) is 12.5 Å². The van der Waals surface area contributed by atoms with E-state index in [0.29, 0.717) is 12.2 Å². The summed E-state index contributed by atoms with van der Waals surface area (Å²) in [6.07, 6.45) is 2.10. The number of nitrogens with one attached hydrogen (secondary N) is 1. The molecule has 3 rings (SSSR count). The van der Waals surface area contributed by atoms with Gasteiger partial charge in [-0.2, -0.15) is 0 Å². The lowest BCUT2D eigenvalue weighted by molar-refractivity contribution is -0.0980. The molecule has 3 aromatic rings. The van der Waals surface area contributed by atoms with Crippen LogP contribution in [0.1, 0.15) is 48.8 Å². The Hall–Kier alpha value is -3.54. The number of ether oxygens (including phenoxy) is 1. The smallest absolute Gasteiger partial charge is 0.412 e. The predicted octanol–water partition coefficient (Wildman–Crippen LogP) is 6.48. The van der Waals surface area contributed by atoms with Gasteiger partial charge in [0.15, 0.2) is 6.10 Å². The van der Waals surface area contributed by atoms with Crippen molar-refractivity contribution >= 4 is 24.3 Å². The number of furan rings is 1. The summed E-state index contributed by atoms with van der Waals surface area (Å²) in [5.41, 5.74) is 5.32. The van der Waals surface area contributed by atoms with Crippen LogP contribution in [-0.2, 0) is 16.0 Å². The number of hydrogen-bond acceptors (Lipinski definition) is 5. The second-order valence-electron chi connectivity index (χ2n) is 7.73. The van der Waals surface area contributed by atoms with Gasteiger partial charge < -0.3 is 18.8 Å². The Morgan fingerprint density at radius 2 is 1.76 bits per heavy atom. The Bertz CT molecular complexity index is 980. The van der Waals surface area contributed by atoms with Gasteiger partial charge in [0.2, 0.25) is 0 Å². The average molecular weight is 451 g/mol. The predicted molar refractivity (Wildman–Crippen MR) is 133 cm³/mol. The molecule has 0 aliphatic heterocycles. The van der Waals surface area contributed by atoms with E-state index in [-0.39, 0.29) is 0 Å². The summed E-state index contributed by atoms with van der Waals surface area (Å²) in [4.78, 5) is 22.9. The van der Waals surface area contributed by atoms with Crippen molar-refractivity contribution in [2.75, 3.05) is 23.3 Å². The summed E-state index contributed by atoms with van der Waals surface area (Å²) in [5.74, 6) is 0.649. The summed E-state index contributed by atoms with van der Waals surface area (Å²) in [6.45, 7) is 12.2. The van der Waals surface area contributed by atoms with E-state index in [9.17, 15) is 4.79 Å². The molecule has 1 atom stereocenters. The lowest BCUT2D eigenvalue weighted by Gasteiger charge is -2.22. The zero-order valence-corrected chi connectivity index (χ0v) is 20.0. The van der Waals surface area contributed by atoms with Gasteiger partial charge in [-0.15, -0.1) is 0 Å². The van der Waals surface area contributed by atoms with E-state index >= 15 is 0 Å². The van der Waals surface area contributed by atoms with Crippen molar-refractivity contribution in [2.45, 2.75) is 46.6 Å². The van der Waals surface area contributed by atoms with Crippen molar-refractivity contribution in [1.82, 2.24) is 0 Å². The van der Waals surface area contributed by atoms with E-state index < -0.39 is 12.2 Å². The van der Waals surface area contributed by atoms with Gasteiger partial charge in [-0.1, -0.05) is 29.8 Å². The molecule has 2 aromatic carbocycles. The standard InChI is InChI=1S/C26H32N2O3.CH2O/c1-5-28(6-2)22-14-15-23(20(4)18-22)27-26(29)31-25(24-8-7-17-30-24)16-13-21-11-9-19(3)10-12-21;1-2/h7-12,14-15,17-18,25H,5-6,13,16H2,1-4H3,(H,27,29);1H2. The Balaban J connectivity index is 0.00000187. The third-order valence-corrected chi connectivity index (χ3v) is 5.50. The number of benzene rings is 2. The zero-order valence-electron chi connectivity index (χ0n) is 20.0. The van der Waals surface area contributed by atoms with Gasteiger partial charge >= 0.3 is 6.09 Å². The summed E-state index contributed by atoms with van der Waals surface area (Å²) < 4.78 is 11.3. The Labute approximate surface area is 196 Å². The topological polar surface area (TPSA) is 71.8 Å². The monoisotopic (exact) mass is 450 g/mol. The molecule has 0 saturated heterocycles. The second-order valence-corrected chi connectivity index (χ2v) is 7.73. The van der Waals surface area contributed by atoms with E-state index in [4.69, 9.17) is 13.9 Å². The average Bonchev–Trinajstić information content (AvgIpc) is 3.36. The third kappa shape index (κ3) is 7.52. The summed E-state index contributed by atoms with van der Waals surface area (Å²) >= 11 is 0. The van der Waals surface area contributed by atoms with Crippen LogP contribution in [0.4, 0.5) is 16.2 Å². The van der Waals surface area contributed by atoms with Crippen LogP contribution < -0.4 is 10.2 Å². The molecule has 6 nitrogen and oxygen atoms in total. The lowest BCUT2D eigenvalue weighted by Crippen LogP contribution is -2.22. The second kappa shape index (κ2) is 13.1. The SMILES string of the molecule is C=O.CCN(CC)c1ccc(NC(=O)OC(CCc2ccc(C)cc2)c2ccco2)c(C)c1. The first-order valence-electron chi connectivity index (χ1n) is 11.2. The van der Waals surface area contributed by atoms with Crippen molar-refractivity contribution in [1.29, 1.82) is 0 Å². The van der Waals surface area contributed by atoms with Crippen LogP contribution in [0, 0.1) is 13.8 Å². The van der Waals surface area contributed by atoms with Crippen molar-refractivity contribution in [3.8, 4) is 0 Å². The minimum Gasteiger partial charge on any atom is -0.465 e. The van der Waals surface area contributed by atoms with Crippen molar-refractivity contribution in [3.05, 3.63) is 83.3 Å². The molecule has 0 fully saturated rings. The lowest BCUT2D eigenvalue weighted by atomic mass is 10.0. The number of aryl methyl sites for hydroxylation is 3. The molecular formula is C27H34N2O4. The quantitative estimate of drug-likeness (QED) is 0.404. The molecule has 0 aliphatic rings. The number of hydrogen-bond donors (Lipinski definition) is 1. The van der Waals surface area contributed by atoms with Gasteiger partial charge in [-0.05, 0) is 82.0 Å². The fraction of sp³-hybridized carbons (Fsp3) is 0.333. The molecule has 1 aromatic heterocycles. The van der Waals surface area contributed by atoms with E-state index in [1.807, 2.05) is 38.0 Å². The molecule has 1 heterocycles. The number of amides is 1. The zero-order chi connectivity index (χ0) is 24.2. The fourth-order valence-electron chi connectivity index (χ4n) is 3.63. The van der Waals surface area contributed by atoms with E-state index in [2.05, 4.69) is 61.3 Å². The minimum atomic E-state index is -0.482. The highest BCUT2D eigenvalue weighted by Gasteiger charge is 2.20. The van der Waals surface area contributed by atoms with Gasteiger partial charge in [0, 0.05) is 24.5 Å². The molecule has 0 radical (unpaired) electrons. The number of anilines is 2. The Kier molecular flexibility index (Phi) is 10.2. The highest BCUT2D eigenvalue weighted by Crippen LogP contribution is 2.26. The summed E-state index contributed by atoms with van der Waals surface area (Å²) in [6, 6.07) is 18.1. The summed E-state index contributed by atoms with van der Waals surface area (Å²) in [5, 5.41) is 2.89. The largest absolute Gasteiger partial charge is 0.465 e. The van der Waals surface area contributed by atoms with Gasteiger partial charge in [0.05, 0.1) is 6.26 Å². The van der Waals surface area contributed by atoms with Gasteiger partial charge in [-0.3, -0.25) is 5.32 Å². The molecule has 0 spiro atoms. The molecule has 6 heteroatoms. The molecule has 1 amide bonds. The molecule has 33 heavy (non-hydrogen) atoms. The van der Waals surface area contributed by atoms with Crippen LogP contribution in [0.3, 0.4) is 0 Å². The van der Waals surface area contributed by atoms with Crippen LogP contribution in [0.15, 0.2) is 65.3 Å². The van der Waals surface area contributed by atoms with Crippen LogP contribution in [0.5, 0.6) is 0 Å². The third-order valence-electron chi connectivity index (χ3n) is 5.50. The van der Waals surface area contributed by atoms with Crippen LogP contribution >= 0.6 is 0 Å². The molecule has 0 saturated carbocycles. The molecule has 176 valence electrons. The molecule has 1 N–H and O–H groups in total. The maximum absolute atomic E-state index is 12.7. The first-order chi connectivity index (χ1) is 16.0. The Morgan fingerprint density at radius 3 is 2.33 bits per heavy atom. The highest BCUT2D eigenvalue weighted by atomic mass is 16.6. The highest BCUT2D eigenvalue weighted by molar-refractivity contribution is 5.86. The normalized spacial score (nSPS) is 11.2. The van der Waals surface area contributed by atoms with Crippen LogP contribution in [0.2, 0.25) is 0 Å². The van der Waals surface area contributed by atoms with Crippen molar-refractivity contribution < 1.29 is 18.7 Å². The van der Waals surface area contributed by atoms with Crippen molar-refractivity contribution in [3.63, 3.8) is 0 Å². The fourth-order valence-corrected chi connectivity index (χ4v) is 3.63. The maximum atomic E-state index is 12.7. The molecular weight excluding hydrogens is 416 g/mol. The number of carbonyl (C=O) groups is 2. The maximum Gasteiger partial charge on any atom is 0.412 e. The Morgan fingerprint density at radius 1 is 1.06 bits per heavy atom. The first kappa shape index (κ1) is 25.7. The van der Waals surface area contributed by atoms with Crippen LogP contribution in [0.25, 0.3) is 0 Å². The van der Waals surface area contributed by atoms with Crippen LogP contribution in [-0.4, -0.2) is 26.0 Å². The van der Waals surface area contributed by atoms with Gasteiger partial charge in [-0.25, -0.2) is 4.79 Å². The minimum absolute atomic E-state index is 0.452. The number of carbonyl (C=O) groups excluding carboxylic acids is 2. The number of nitrogens with zero attached hydrogens (tertiary/aromatic N) is 1. The first-order valence-corrected chi connectivity index (χ1v) is 11.2. The molecule has 0 bridgehead atoms. The molecule has 1 unspecified atom stereocenters. The van der Waals surface area contributed by atoms with E-state index in [0.717, 1.165) is 36.4 Å². The molecule has 0 aliphatic carbocycles. The van der Waals surface area contributed by atoms with Crippen molar-refractivity contribution in [2.24, 2.45) is 0 Å².